The van der Waals surface area contributed by atoms with Gasteiger partial charge >= 0.3 is 0 Å². The molecule has 2 aromatic rings. The molecule has 0 bridgehead atoms. The average molecular weight is 281 g/mol. The summed E-state index contributed by atoms with van der Waals surface area (Å²) in [7, 11) is 0. The van der Waals surface area contributed by atoms with Crippen molar-refractivity contribution < 1.29 is 9.85 Å². The number of rotatable bonds is 2. The highest BCUT2D eigenvalue weighted by Crippen LogP contribution is 2.22. The predicted octanol–water partition coefficient (Wildman–Crippen LogP) is 3.84. The van der Waals surface area contributed by atoms with Gasteiger partial charge in [-0.25, -0.2) is 0 Å². The first-order valence-corrected chi connectivity index (χ1v) is 5.48. The number of benzene rings is 2. The van der Waals surface area contributed by atoms with Gasteiger partial charge in [0.25, 0.3) is 11.4 Å². The van der Waals surface area contributed by atoms with Crippen molar-refractivity contribution >= 4 is 23.0 Å². The molecule has 0 saturated carbocycles. The van der Waals surface area contributed by atoms with Crippen molar-refractivity contribution in [2.45, 2.75) is 0 Å². The minimum atomic E-state index is -0.512. The Labute approximate surface area is 113 Å². The summed E-state index contributed by atoms with van der Waals surface area (Å²) in [4.78, 5) is 19.2. The van der Waals surface area contributed by atoms with E-state index in [0.717, 1.165) is 0 Å². The highest BCUT2D eigenvalue weighted by molar-refractivity contribution is 6.32. The number of non-ortho nitro benzene ring substituents is 1. The lowest BCUT2D eigenvalue weighted by Gasteiger charge is -1.90. The minimum absolute atomic E-state index is 0.0517. The van der Waals surface area contributed by atoms with Gasteiger partial charge in [0.1, 0.15) is 5.02 Å². The van der Waals surface area contributed by atoms with Crippen LogP contribution in [0.5, 0.6) is 0 Å². The smallest absolute Gasteiger partial charge is 0.258 e. The molecule has 0 amide bonds. The molecule has 98 valence electrons. The van der Waals surface area contributed by atoms with Gasteiger partial charge in [0, 0.05) is 18.2 Å². The van der Waals surface area contributed by atoms with Crippen LogP contribution >= 0.6 is 11.6 Å². The van der Waals surface area contributed by atoms with Crippen molar-refractivity contribution in [1.82, 2.24) is 0 Å². The van der Waals surface area contributed by atoms with E-state index in [9.17, 15) is 20.2 Å². The standard InChI is InChI=1S/C6H4ClNO2.C6H5NO2/c7-5-3-1-2-4-6(5)8(9)10;8-7(9)6-4-2-1-3-5-6/h1-4H;1-5H. The first kappa shape index (κ1) is 14.6. The van der Waals surface area contributed by atoms with Crippen molar-refractivity contribution in [3.63, 3.8) is 0 Å². The monoisotopic (exact) mass is 280 g/mol. The Kier molecular flexibility index (Phi) is 5.43. The molecule has 0 aliphatic rings. The van der Waals surface area contributed by atoms with E-state index in [1.54, 1.807) is 30.3 Å². The Morgan fingerprint density at radius 1 is 0.789 bits per heavy atom. The fourth-order valence-corrected chi connectivity index (χ4v) is 1.35. The molecule has 2 aromatic carbocycles. The van der Waals surface area contributed by atoms with E-state index in [-0.39, 0.29) is 16.4 Å². The Bertz CT molecular complexity index is 575. The van der Waals surface area contributed by atoms with E-state index in [4.69, 9.17) is 11.6 Å². The van der Waals surface area contributed by atoms with Crippen molar-refractivity contribution in [2.24, 2.45) is 0 Å². The van der Waals surface area contributed by atoms with Crippen LogP contribution in [0, 0.1) is 20.2 Å². The topological polar surface area (TPSA) is 86.3 Å². The predicted molar refractivity (Wildman–Crippen MR) is 71.2 cm³/mol. The molecule has 7 heteroatoms. The van der Waals surface area contributed by atoms with Gasteiger partial charge < -0.3 is 0 Å². The van der Waals surface area contributed by atoms with Crippen LogP contribution in [-0.4, -0.2) is 9.85 Å². The van der Waals surface area contributed by atoms with Crippen molar-refractivity contribution in [2.75, 3.05) is 0 Å². The zero-order valence-electron chi connectivity index (χ0n) is 9.60. The summed E-state index contributed by atoms with van der Waals surface area (Å²) >= 11 is 5.48. The number of nitro benzene ring substituents is 2. The van der Waals surface area contributed by atoms with Crippen molar-refractivity contribution in [1.29, 1.82) is 0 Å². The SMILES string of the molecule is O=[N+]([O-])c1ccccc1.O=[N+]([O-])c1ccccc1Cl. The number of nitrogens with zero attached hydrogens (tertiary/aromatic N) is 2. The summed E-state index contributed by atoms with van der Waals surface area (Å²) in [5.41, 5.74) is 0.0849. The van der Waals surface area contributed by atoms with Crippen LogP contribution in [-0.2, 0) is 0 Å². The second kappa shape index (κ2) is 7.07. The highest BCUT2D eigenvalue weighted by Gasteiger charge is 2.08. The van der Waals surface area contributed by atoms with Gasteiger partial charge in [0.2, 0.25) is 0 Å². The molecule has 0 aliphatic heterocycles. The van der Waals surface area contributed by atoms with Crippen LogP contribution in [0.25, 0.3) is 0 Å². The molecule has 0 saturated heterocycles. The second-order valence-corrected chi connectivity index (χ2v) is 3.71. The third kappa shape index (κ3) is 4.72. The molecule has 19 heavy (non-hydrogen) atoms. The first-order valence-electron chi connectivity index (χ1n) is 5.10. The maximum absolute atomic E-state index is 10.1. The Balaban J connectivity index is 0.000000191. The van der Waals surface area contributed by atoms with Crippen LogP contribution in [0.3, 0.4) is 0 Å². The van der Waals surface area contributed by atoms with Crippen molar-refractivity contribution in [3.8, 4) is 0 Å². The largest absolute Gasteiger partial charge is 0.287 e. The first-order chi connectivity index (χ1) is 9.02. The highest BCUT2D eigenvalue weighted by atomic mass is 35.5. The average Bonchev–Trinajstić information content (AvgIpc) is 2.40. The normalized spacial score (nSPS) is 9.11. The molecule has 0 radical (unpaired) electrons. The maximum atomic E-state index is 10.1. The molecule has 0 aliphatic carbocycles. The summed E-state index contributed by atoms with van der Waals surface area (Å²) in [5, 5.41) is 20.3. The summed E-state index contributed by atoms with van der Waals surface area (Å²) in [6, 6.07) is 14.0. The number of hydrogen-bond acceptors (Lipinski definition) is 4. The Morgan fingerprint density at radius 3 is 1.68 bits per heavy atom. The molecule has 6 nitrogen and oxygen atoms in total. The molecule has 0 spiro atoms. The molecule has 0 atom stereocenters. The van der Waals surface area contributed by atoms with Gasteiger partial charge in [-0.2, -0.15) is 0 Å². The van der Waals surface area contributed by atoms with Gasteiger partial charge in [-0.05, 0) is 6.07 Å². The van der Waals surface area contributed by atoms with E-state index in [1.807, 2.05) is 0 Å². The van der Waals surface area contributed by atoms with E-state index in [0.29, 0.717) is 0 Å². The molecule has 0 heterocycles. The lowest BCUT2D eigenvalue weighted by molar-refractivity contribution is -0.385. The number of halogens is 1. The number of nitro groups is 2. The molecule has 0 aromatic heterocycles. The van der Waals surface area contributed by atoms with E-state index >= 15 is 0 Å². The van der Waals surface area contributed by atoms with Gasteiger partial charge in [-0.1, -0.05) is 41.9 Å². The van der Waals surface area contributed by atoms with E-state index < -0.39 is 9.85 Å². The Hall–Kier alpha value is -2.47. The molecule has 0 fully saturated rings. The fourth-order valence-electron chi connectivity index (χ4n) is 1.15. The van der Waals surface area contributed by atoms with Crippen LogP contribution in [0.1, 0.15) is 0 Å². The van der Waals surface area contributed by atoms with Gasteiger partial charge in [-0.15, -0.1) is 0 Å². The third-order valence-corrected chi connectivity index (χ3v) is 2.34. The molecule has 0 unspecified atom stereocenters. The minimum Gasteiger partial charge on any atom is -0.258 e. The quantitative estimate of drug-likeness (QED) is 0.617. The van der Waals surface area contributed by atoms with Crippen LogP contribution in [0.4, 0.5) is 11.4 Å². The van der Waals surface area contributed by atoms with Crippen LogP contribution < -0.4 is 0 Å². The number of para-hydroxylation sites is 2. The second-order valence-electron chi connectivity index (χ2n) is 3.30. The summed E-state index contributed by atoms with van der Waals surface area (Å²) < 4.78 is 0. The zero-order valence-corrected chi connectivity index (χ0v) is 10.4. The maximum Gasteiger partial charge on any atom is 0.287 e. The molecule has 2 rings (SSSR count). The van der Waals surface area contributed by atoms with Crippen molar-refractivity contribution in [3.05, 3.63) is 79.8 Å². The van der Waals surface area contributed by atoms with Gasteiger partial charge in [-0.3, -0.25) is 20.2 Å². The molecular weight excluding hydrogens is 272 g/mol. The van der Waals surface area contributed by atoms with E-state index in [1.165, 1.54) is 24.3 Å². The summed E-state index contributed by atoms with van der Waals surface area (Å²) in [5.74, 6) is 0. The van der Waals surface area contributed by atoms with Gasteiger partial charge in [0.15, 0.2) is 0 Å². The molecular formula is C12H9ClN2O4. The number of hydrogen-bond donors (Lipinski definition) is 0. The van der Waals surface area contributed by atoms with Crippen LogP contribution in [0.2, 0.25) is 5.02 Å². The lowest BCUT2D eigenvalue weighted by Crippen LogP contribution is -1.87. The summed E-state index contributed by atoms with van der Waals surface area (Å²) in [6.45, 7) is 0. The zero-order chi connectivity index (χ0) is 14.3. The van der Waals surface area contributed by atoms with Gasteiger partial charge in [0.05, 0.1) is 9.85 Å². The lowest BCUT2D eigenvalue weighted by atomic mass is 10.3. The van der Waals surface area contributed by atoms with E-state index in [2.05, 4.69) is 0 Å². The molecule has 0 N–H and O–H groups in total. The summed E-state index contributed by atoms with van der Waals surface area (Å²) in [6.07, 6.45) is 0. The Morgan fingerprint density at radius 2 is 1.32 bits per heavy atom. The third-order valence-electron chi connectivity index (χ3n) is 2.02. The fraction of sp³-hybridized carbons (Fsp3) is 0. The van der Waals surface area contributed by atoms with Crippen LogP contribution in [0.15, 0.2) is 54.6 Å².